The van der Waals surface area contributed by atoms with Crippen molar-refractivity contribution < 1.29 is 4.74 Å². The lowest BCUT2D eigenvalue weighted by atomic mass is 9.78. The SMILES string of the molecule is Cc1nnc(NC2CCOC3(CCCCC3)C2)s1. The van der Waals surface area contributed by atoms with Gasteiger partial charge in [-0.2, -0.15) is 0 Å². The molecule has 3 rings (SSSR count). The maximum absolute atomic E-state index is 6.11. The van der Waals surface area contributed by atoms with Gasteiger partial charge in [0.2, 0.25) is 5.13 Å². The van der Waals surface area contributed by atoms with E-state index in [1.165, 1.54) is 32.1 Å². The van der Waals surface area contributed by atoms with Crippen LogP contribution in [0.1, 0.15) is 50.0 Å². The number of rotatable bonds is 2. The van der Waals surface area contributed by atoms with Gasteiger partial charge in [-0.05, 0) is 32.6 Å². The molecule has 1 atom stereocenters. The van der Waals surface area contributed by atoms with Gasteiger partial charge in [0, 0.05) is 12.6 Å². The third-order valence-corrected chi connectivity index (χ3v) is 4.88. The highest BCUT2D eigenvalue weighted by Crippen LogP contribution is 2.39. The van der Waals surface area contributed by atoms with Gasteiger partial charge in [0.05, 0.1) is 5.60 Å². The standard InChI is InChI=1S/C13H21N3OS/c1-10-15-16-12(18-10)14-11-5-8-17-13(9-11)6-3-2-4-7-13/h11H,2-9H2,1H3,(H,14,16). The van der Waals surface area contributed by atoms with Crippen molar-refractivity contribution in [2.75, 3.05) is 11.9 Å². The number of hydrogen-bond acceptors (Lipinski definition) is 5. The van der Waals surface area contributed by atoms with Crippen LogP contribution in [0.4, 0.5) is 5.13 Å². The summed E-state index contributed by atoms with van der Waals surface area (Å²) in [7, 11) is 0. The quantitative estimate of drug-likeness (QED) is 0.894. The average molecular weight is 267 g/mol. The van der Waals surface area contributed by atoms with Gasteiger partial charge in [-0.15, -0.1) is 10.2 Å². The number of anilines is 1. The molecule has 4 nitrogen and oxygen atoms in total. The van der Waals surface area contributed by atoms with Crippen molar-refractivity contribution in [3.05, 3.63) is 5.01 Å². The Hall–Kier alpha value is -0.680. The minimum Gasteiger partial charge on any atom is -0.375 e. The Bertz CT molecular complexity index is 395. The van der Waals surface area contributed by atoms with E-state index >= 15 is 0 Å². The second kappa shape index (κ2) is 5.13. The minimum absolute atomic E-state index is 0.161. The first kappa shape index (κ1) is 12.4. The topological polar surface area (TPSA) is 47.0 Å². The first-order valence-corrected chi connectivity index (χ1v) is 7.78. The molecule has 1 aliphatic carbocycles. The molecule has 1 aromatic rings. The summed E-state index contributed by atoms with van der Waals surface area (Å²) >= 11 is 1.64. The second-order valence-corrected chi connectivity index (χ2v) is 6.73. The molecule has 1 aromatic heterocycles. The molecular weight excluding hydrogens is 246 g/mol. The van der Waals surface area contributed by atoms with E-state index in [1.807, 2.05) is 6.92 Å². The zero-order valence-electron chi connectivity index (χ0n) is 10.9. The largest absolute Gasteiger partial charge is 0.375 e. The van der Waals surface area contributed by atoms with Crippen molar-refractivity contribution in [3.63, 3.8) is 0 Å². The smallest absolute Gasteiger partial charge is 0.205 e. The Morgan fingerprint density at radius 3 is 2.83 bits per heavy atom. The Labute approximate surface area is 112 Å². The lowest BCUT2D eigenvalue weighted by Gasteiger charge is -2.43. The summed E-state index contributed by atoms with van der Waals surface area (Å²) in [5.74, 6) is 0. The van der Waals surface area contributed by atoms with Crippen molar-refractivity contribution in [1.82, 2.24) is 10.2 Å². The van der Waals surface area contributed by atoms with Crippen LogP contribution in [0.3, 0.4) is 0 Å². The average Bonchev–Trinajstić information content (AvgIpc) is 2.76. The van der Waals surface area contributed by atoms with E-state index in [9.17, 15) is 0 Å². The molecule has 2 aliphatic rings. The molecule has 1 saturated heterocycles. The maximum Gasteiger partial charge on any atom is 0.205 e. The van der Waals surface area contributed by atoms with Crippen LogP contribution in [-0.2, 0) is 4.74 Å². The van der Waals surface area contributed by atoms with Crippen LogP contribution in [0.2, 0.25) is 0 Å². The third kappa shape index (κ3) is 2.67. The highest BCUT2D eigenvalue weighted by Gasteiger charge is 2.38. The molecule has 1 aliphatic heterocycles. The molecule has 0 bridgehead atoms. The highest BCUT2D eigenvalue weighted by atomic mass is 32.1. The van der Waals surface area contributed by atoms with Gasteiger partial charge in [-0.3, -0.25) is 0 Å². The summed E-state index contributed by atoms with van der Waals surface area (Å²) in [5.41, 5.74) is 0.161. The highest BCUT2D eigenvalue weighted by molar-refractivity contribution is 7.15. The van der Waals surface area contributed by atoms with Gasteiger partial charge in [0.25, 0.3) is 0 Å². The molecule has 1 N–H and O–H groups in total. The molecule has 0 aromatic carbocycles. The van der Waals surface area contributed by atoms with Gasteiger partial charge in [0.15, 0.2) is 0 Å². The van der Waals surface area contributed by atoms with Gasteiger partial charge < -0.3 is 10.1 Å². The second-order valence-electron chi connectivity index (χ2n) is 5.55. The third-order valence-electron chi connectivity index (χ3n) is 4.11. The Balaban J connectivity index is 1.63. The molecule has 1 unspecified atom stereocenters. The van der Waals surface area contributed by atoms with E-state index in [4.69, 9.17) is 4.74 Å². The molecule has 2 heterocycles. The zero-order valence-corrected chi connectivity index (χ0v) is 11.8. The molecule has 0 radical (unpaired) electrons. The van der Waals surface area contributed by atoms with Crippen molar-refractivity contribution in [2.45, 2.75) is 63.5 Å². The number of hydrogen-bond donors (Lipinski definition) is 1. The van der Waals surface area contributed by atoms with E-state index in [-0.39, 0.29) is 5.60 Å². The number of aromatic nitrogens is 2. The summed E-state index contributed by atoms with van der Waals surface area (Å²) in [5, 5.41) is 13.7. The number of nitrogens with zero attached hydrogens (tertiary/aromatic N) is 2. The Morgan fingerprint density at radius 1 is 1.28 bits per heavy atom. The maximum atomic E-state index is 6.11. The summed E-state index contributed by atoms with van der Waals surface area (Å²) in [4.78, 5) is 0. The summed E-state index contributed by atoms with van der Waals surface area (Å²) in [6.07, 6.45) is 8.71. The molecule has 18 heavy (non-hydrogen) atoms. The van der Waals surface area contributed by atoms with E-state index in [0.717, 1.165) is 29.6 Å². The van der Waals surface area contributed by atoms with Crippen molar-refractivity contribution in [3.8, 4) is 0 Å². The van der Waals surface area contributed by atoms with Crippen LogP contribution in [0.15, 0.2) is 0 Å². The van der Waals surface area contributed by atoms with Gasteiger partial charge in [-0.1, -0.05) is 30.6 Å². The molecule has 0 amide bonds. The number of ether oxygens (including phenoxy) is 1. The Kier molecular flexibility index (Phi) is 3.52. The summed E-state index contributed by atoms with van der Waals surface area (Å²) in [6, 6.07) is 0.504. The van der Waals surface area contributed by atoms with Crippen LogP contribution in [0.5, 0.6) is 0 Å². The van der Waals surface area contributed by atoms with Gasteiger partial charge >= 0.3 is 0 Å². The monoisotopic (exact) mass is 267 g/mol. The zero-order chi connectivity index (χ0) is 12.4. The minimum atomic E-state index is 0.161. The Morgan fingerprint density at radius 2 is 2.11 bits per heavy atom. The molecule has 1 saturated carbocycles. The number of nitrogens with one attached hydrogen (secondary N) is 1. The fourth-order valence-electron chi connectivity index (χ4n) is 3.23. The molecule has 100 valence electrons. The predicted molar refractivity (Wildman–Crippen MR) is 73.1 cm³/mol. The van der Waals surface area contributed by atoms with Crippen molar-refractivity contribution in [1.29, 1.82) is 0 Å². The van der Waals surface area contributed by atoms with E-state index in [0.29, 0.717) is 6.04 Å². The summed E-state index contributed by atoms with van der Waals surface area (Å²) in [6.45, 7) is 2.88. The lowest BCUT2D eigenvalue weighted by molar-refractivity contribution is -0.103. The van der Waals surface area contributed by atoms with E-state index in [1.54, 1.807) is 11.3 Å². The fourth-order valence-corrected chi connectivity index (χ4v) is 3.89. The molecular formula is C13H21N3OS. The van der Waals surface area contributed by atoms with Crippen LogP contribution in [-0.4, -0.2) is 28.4 Å². The molecule has 5 heteroatoms. The van der Waals surface area contributed by atoms with Crippen LogP contribution >= 0.6 is 11.3 Å². The van der Waals surface area contributed by atoms with Crippen LogP contribution in [0.25, 0.3) is 0 Å². The number of aryl methyl sites for hydroxylation is 1. The lowest BCUT2D eigenvalue weighted by Crippen LogP contribution is -2.45. The van der Waals surface area contributed by atoms with Crippen molar-refractivity contribution in [2.24, 2.45) is 0 Å². The normalized spacial score (nSPS) is 27.3. The van der Waals surface area contributed by atoms with E-state index in [2.05, 4.69) is 15.5 Å². The molecule has 2 fully saturated rings. The first-order valence-electron chi connectivity index (χ1n) is 6.96. The van der Waals surface area contributed by atoms with Crippen molar-refractivity contribution >= 4 is 16.5 Å². The van der Waals surface area contributed by atoms with Crippen LogP contribution in [0, 0.1) is 6.92 Å². The summed E-state index contributed by atoms with van der Waals surface area (Å²) < 4.78 is 6.11. The van der Waals surface area contributed by atoms with Gasteiger partial charge in [0.1, 0.15) is 5.01 Å². The van der Waals surface area contributed by atoms with Crippen LogP contribution < -0.4 is 5.32 Å². The first-order chi connectivity index (χ1) is 8.76. The van der Waals surface area contributed by atoms with E-state index < -0.39 is 0 Å². The molecule has 1 spiro atoms. The fraction of sp³-hybridized carbons (Fsp3) is 0.846. The van der Waals surface area contributed by atoms with Gasteiger partial charge in [-0.25, -0.2) is 0 Å². The predicted octanol–water partition coefficient (Wildman–Crippen LogP) is 3.14.